The number of amides is 1. The number of carbonyl (C=O) groups excluding carboxylic acids is 1. The van der Waals surface area contributed by atoms with Crippen molar-refractivity contribution in [2.24, 2.45) is 11.8 Å². The van der Waals surface area contributed by atoms with Gasteiger partial charge in [0.2, 0.25) is 5.91 Å². The molecule has 0 atom stereocenters. The maximum atomic E-state index is 12.7. The molecule has 1 aromatic heterocycles. The molecule has 0 saturated heterocycles. The Labute approximate surface area is 99.4 Å². The standard InChI is InChI=1S/C12H16FN3O/c13-10-5-6-11(15-7-10)8-1-3-9(4-2-8)12(17)16-14/h5-9H,1-4,14H2,(H,16,17)/t8-,9-. The largest absolute Gasteiger partial charge is 0.294 e. The van der Waals surface area contributed by atoms with Crippen molar-refractivity contribution in [2.45, 2.75) is 31.6 Å². The Morgan fingerprint density at radius 2 is 2.06 bits per heavy atom. The van der Waals surface area contributed by atoms with Crippen LogP contribution in [0.25, 0.3) is 0 Å². The van der Waals surface area contributed by atoms with Crippen molar-refractivity contribution in [3.63, 3.8) is 0 Å². The average molecular weight is 237 g/mol. The summed E-state index contributed by atoms with van der Waals surface area (Å²) < 4.78 is 12.7. The van der Waals surface area contributed by atoms with E-state index in [0.717, 1.165) is 31.4 Å². The number of rotatable bonds is 2. The maximum Gasteiger partial charge on any atom is 0.236 e. The van der Waals surface area contributed by atoms with Crippen LogP contribution >= 0.6 is 0 Å². The molecule has 2 rings (SSSR count). The summed E-state index contributed by atoms with van der Waals surface area (Å²) in [6.07, 6.45) is 4.67. The fraction of sp³-hybridized carbons (Fsp3) is 0.500. The lowest BCUT2D eigenvalue weighted by Crippen LogP contribution is -2.37. The maximum absolute atomic E-state index is 12.7. The minimum atomic E-state index is -0.315. The van der Waals surface area contributed by atoms with Crippen molar-refractivity contribution >= 4 is 5.91 Å². The molecule has 1 aliphatic carbocycles. The van der Waals surface area contributed by atoms with Crippen LogP contribution in [0.3, 0.4) is 0 Å². The Balaban J connectivity index is 1.95. The second-order valence-corrected chi connectivity index (χ2v) is 4.46. The van der Waals surface area contributed by atoms with E-state index < -0.39 is 0 Å². The first-order valence-corrected chi connectivity index (χ1v) is 5.82. The van der Waals surface area contributed by atoms with E-state index in [2.05, 4.69) is 10.4 Å². The van der Waals surface area contributed by atoms with Crippen LogP contribution in [0.2, 0.25) is 0 Å². The third-order valence-corrected chi connectivity index (χ3v) is 3.41. The minimum Gasteiger partial charge on any atom is -0.294 e. The van der Waals surface area contributed by atoms with Crippen LogP contribution in [0.5, 0.6) is 0 Å². The lowest BCUT2D eigenvalue weighted by molar-refractivity contribution is -0.126. The van der Waals surface area contributed by atoms with Crippen LogP contribution < -0.4 is 11.3 Å². The highest BCUT2D eigenvalue weighted by atomic mass is 19.1. The summed E-state index contributed by atoms with van der Waals surface area (Å²) in [7, 11) is 0. The monoisotopic (exact) mass is 237 g/mol. The van der Waals surface area contributed by atoms with Gasteiger partial charge in [-0.25, -0.2) is 10.2 Å². The van der Waals surface area contributed by atoms with Gasteiger partial charge in [-0.2, -0.15) is 0 Å². The van der Waals surface area contributed by atoms with Crippen molar-refractivity contribution in [1.82, 2.24) is 10.4 Å². The fourth-order valence-corrected chi connectivity index (χ4v) is 2.40. The molecule has 0 radical (unpaired) electrons. The predicted octanol–water partition coefficient (Wildman–Crippen LogP) is 1.48. The van der Waals surface area contributed by atoms with Crippen molar-refractivity contribution in [1.29, 1.82) is 0 Å². The van der Waals surface area contributed by atoms with Crippen LogP contribution in [0.15, 0.2) is 18.3 Å². The number of nitrogens with zero attached hydrogens (tertiary/aromatic N) is 1. The molecular formula is C12H16FN3O. The van der Waals surface area contributed by atoms with Gasteiger partial charge in [0.15, 0.2) is 0 Å². The van der Waals surface area contributed by atoms with Crippen molar-refractivity contribution in [3.05, 3.63) is 29.8 Å². The first-order chi connectivity index (χ1) is 8.20. The van der Waals surface area contributed by atoms with E-state index >= 15 is 0 Å². The zero-order valence-corrected chi connectivity index (χ0v) is 9.53. The minimum absolute atomic E-state index is 0.0108. The third-order valence-electron chi connectivity index (χ3n) is 3.41. The molecule has 0 aromatic carbocycles. The van der Waals surface area contributed by atoms with Crippen molar-refractivity contribution < 1.29 is 9.18 Å². The number of pyridine rings is 1. The fourth-order valence-electron chi connectivity index (χ4n) is 2.40. The Bertz CT molecular complexity index is 385. The van der Waals surface area contributed by atoms with E-state index in [1.54, 1.807) is 6.07 Å². The van der Waals surface area contributed by atoms with Gasteiger partial charge in [-0.05, 0) is 37.8 Å². The summed E-state index contributed by atoms with van der Waals surface area (Å²) in [5.41, 5.74) is 3.11. The van der Waals surface area contributed by atoms with Crippen molar-refractivity contribution in [3.8, 4) is 0 Å². The second-order valence-electron chi connectivity index (χ2n) is 4.46. The molecule has 17 heavy (non-hydrogen) atoms. The molecule has 1 aromatic rings. The van der Waals surface area contributed by atoms with Gasteiger partial charge < -0.3 is 0 Å². The van der Waals surface area contributed by atoms with Crippen molar-refractivity contribution in [2.75, 3.05) is 0 Å². The molecule has 0 unspecified atom stereocenters. The third kappa shape index (κ3) is 2.79. The van der Waals surface area contributed by atoms with E-state index in [1.807, 2.05) is 0 Å². The molecule has 4 nitrogen and oxygen atoms in total. The molecule has 1 fully saturated rings. The molecule has 5 heteroatoms. The number of nitrogens with one attached hydrogen (secondary N) is 1. The molecule has 92 valence electrons. The molecule has 0 aliphatic heterocycles. The zero-order valence-electron chi connectivity index (χ0n) is 9.53. The lowest BCUT2D eigenvalue weighted by Gasteiger charge is -2.26. The van der Waals surface area contributed by atoms with Crippen LogP contribution in [0.4, 0.5) is 4.39 Å². The summed E-state index contributed by atoms with van der Waals surface area (Å²) >= 11 is 0. The molecule has 1 heterocycles. The van der Waals surface area contributed by atoms with Crippen LogP contribution in [-0.4, -0.2) is 10.9 Å². The van der Waals surface area contributed by atoms with E-state index in [9.17, 15) is 9.18 Å². The summed E-state index contributed by atoms with van der Waals surface area (Å²) in [6.45, 7) is 0. The SMILES string of the molecule is NNC(=O)[C@H]1CC[C@H](c2ccc(F)cn2)CC1. The smallest absolute Gasteiger partial charge is 0.236 e. The molecule has 1 saturated carbocycles. The Morgan fingerprint density at radius 1 is 1.35 bits per heavy atom. The normalized spacial score (nSPS) is 24.4. The lowest BCUT2D eigenvalue weighted by atomic mass is 9.80. The highest BCUT2D eigenvalue weighted by molar-refractivity contribution is 5.78. The summed E-state index contributed by atoms with van der Waals surface area (Å²) in [5, 5.41) is 0. The molecule has 0 bridgehead atoms. The van der Waals surface area contributed by atoms with E-state index in [4.69, 9.17) is 5.84 Å². The molecule has 0 spiro atoms. The highest BCUT2D eigenvalue weighted by Gasteiger charge is 2.27. The Kier molecular flexibility index (Phi) is 3.68. The zero-order chi connectivity index (χ0) is 12.3. The number of nitrogens with two attached hydrogens (primary N) is 1. The molecular weight excluding hydrogens is 221 g/mol. The highest BCUT2D eigenvalue weighted by Crippen LogP contribution is 2.34. The number of hydrazine groups is 1. The van der Waals surface area contributed by atoms with Gasteiger partial charge in [0.1, 0.15) is 5.82 Å². The number of aromatic nitrogens is 1. The number of carbonyl (C=O) groups is 1. The second kappa shape index (κ2) is 5.23. The summed E-state index contributed by atoms with van der Waals surface area (Å²) in [6, 6.07) is 3.16. The van der Waals surface area contributed by atoms with Gasteiger partial charge in [0.25, 0.3) is 0 Å². The van der Waals surface area contributed by atoms with E-state index in [1.165, 1.54) is 12.3 Å². The van der Waals surface area contributed by atoms with Crippen LogP contribution in [0, 0.1) is 11.7 Å². The Hall–Kier alpha value is -1.49. The van der Waals surface area contributed by atoms with Gasteiger partial charge in [0.05, 0.1) is 6.20 Å². The van der Waals surface area contributed by atoms with Gasteiger partial charge in [0, 0.05) is 17.5 Å². The number of hydrogen-bond acceptors (Lipinski definition) is 3. The van der Waals surface area contributed by atoms with Gasteiger partial charge >= 0.3 is 0 Å². The Morgan fingerprint density at radius 3 is 2.59 bits per heavy atom. The van der Waals surface area contributed by atoms with Gasteiger partial charge in [-0.1, -0.05) is 0 Å². The number of hydrogen-bond donors (Lipinski definition) is 2. The van der Waals surface area contributed by atoms with Gasteiger partial charge in [-0.15, -0.1) is 0 Å². The molecule has 1 amide bonds. The van der Waals surface area contributed by atoms with E-state index in [0.29, 0.717) is 5.92 Å². The van der Waals surface area contributed by atoms with Crippen LogP contribution in [0.1, 0.15) is 37.3 Å². The quantitative estimate of drug-likeness (QED) is 0.465. The number of halogens is 1. The molecule has 3 N–H and O–H groups in total. The average Bonchev–Trinajstić information content (AvgIpc) is 2.39. The first-order valence-electron chi connectivity index (χ1n) is 5.82. The van der Waals surface area contributed by atoms with E-state index in [-0.39, 0.29) is 17.6 Å². The van der Waals surface area contributed by atoms with Crippen LogP contribution in [-0.2, 0) is 4.79 Å². The van der Waals surface area contributed by atoms with Gasteiger partial charge in [-0.3, -0.25) is 15.2 Å². The summed E-state index contributed by atoms with van der Waals surface area (Å²) in [4.78, 5) is 15.4. The summed E-state index contributed by atoms with van der Waals surface area (Å²) in [5.74, 6) is 5.05. The topological polar surface area (TPSA) is 68.0 Å². The predicted molar refractivity (Wildman–Crippen MR) is 61.2 cm³/mol. The molecule has 1 aliphatic rings. The first kappa shape index (κ1) is 12.0.